The maximum atomic E-state index is 12.8. The lowest BCUT2D eigenvalue weighted by Gasteiger charge is -2.19. The van der Waals surface area contributed by atoms with Crippen molar-refractivity contribution in [1.82, 2.24) is 24.5 Å². The Balaban J connectivity index is 1.28. The van der Waals surface area contributed by atoms with Gasteiger partial charge in [-0.1, -0.05) is 0 Å². The second-order valence-electron chi connectivity index (χ2n) is 9.33. The van der Waals surface area contributed by atoms with Crippen LogP contribution in [0.1, 0.15) is 24.4 Å². The van der Waals surface area contributed by atoms with E-state index in [1.165, 1.54) is 23.3 Å². The van der Waals surface area contributed by atoms with Crippen molar-refractivity contribution in [2.24, 2.45) is 5.92 Å². The highest BCUT2D eigenvalue weighted by atomic mass is 19.4. The fourth-order valence-corrected chi connectivity index (χ4v) is 4.96. The van der Waals surface area contributed by atoms with Crippen molar-refractivity contribution in [3.05, 3.63) is 36.5 Å². The summed E-state index contributed by atoms with van der Waals surface area (Å²) in [5, 5.41) is 24.0. The first-order valence-electron chi connectivity index (χ1n) is 11.7. The van der Waals surface area contributed by atoms with Gasteiger partial charge in [0.15, 0.2) is 11.5 Å². The number of ether oxygens (including phenoxy) is 1. The van der Waals surface area contributed by atoms with Crippen LogP contribution in [0.15, 0.2) is 31.0 Å². The number of fused-ring (bicyclic) bond motifs is 1. The lowest BCUT2D eigenvalue weighted by Crippen LogP contribution is -2.32. The monoisotopic (exact) mass is 547 g/mol. The number of alkyl halides is 6. The fraction of sp³-hybridized carbons (Fsp3) is 0.545. The van der Waals surface area contributed by atoms with Gasteiger partial charge in [0.1, 0.15) is 23.8 Å². The van der Waals surface area contributed by atoms with Crippen molar-refractivity contribution < 1.29 is 41.3 Å². The summed E-state index contributed by atoms with van der Waals surface area (Å²) < 4.78 is 81.1. The summed E-state index contributed by atoms with van der Waals surface area (Å²) in [6.45, 7) is 0.198. The highest BCUT2D eigenvalue weighted by Gasteiger charge is 2.45. The van der Waals surface area contributed by atoms with E-state index in [4.69, 9.17) is 0 Å². The van der Waals surface area contributed by atoms with Gasteiger partial charge in [-0.2, -0.15) is 13.2 Å². The first-order valence-corrected chi connectivity index (χ1v) is 11.7. The molecule has 0 unspecified atom stereocenters. The molecular formula is C22H23F6N7O3. The van der Waals surface area contributed by atoms with Crippen LogP contribution >= 0.6 is 0 Å². The Morgan fingerprint density at radius 1 is 1.03 bits per heavy atom. The molecule has 1 aliphatic heterocycles. The molecule has 4 heterocycles. The smallest absolute Gasteiger partial charge is 0.390 e. The predicted octanol–water partition coefficient (Wildman–Crippen LogP) is 2.75. The van der Waals surface area contributed by atoms with Crippen molar-refractivity contribution in [1.29, 1.82) is 0 Å². The number of imidazole rings is 1. The van der Waals surface area contributed by atoms with Gasteiger partial charge in [0.05, 0.1) is 30.6 Å². The van der Waals surface area contributed by atoms with Crippen LogP contribution in [0.5, 0.6) is 0 Å². The topological polar surface area (TPSA) is 121 Å². The number of nitrogens with zero attached hydrogens (tertiary/aromatic N) is 6. The molecule has 2 fully saturated rings. The van der Waals surface area contributed by atoms with Crippen LogP contribution in [0.25, 0.3) is 11.2 Å². The number of halogens is 6. The Morgan fingerprint density at radius 3 is 2.50 bits per heavy atom. The quantitative estimate of drug-likeness (QED) is 0.400. The number of aromatic nitrogens is 5. The molecule has 0 radical (unpaired) electrons. The number of aliphatic hydroxyl groups is 2. The summed E-state index contributed by atoms with van der Waals surface area (Å²) in [6.07, 6.45) is -8.01. The van der Waals surface area contributed by atoms with Gasteiger partial charge < -0.3 is 25.0 Å². The molecule has 2 aliphatic rings. The first kappa shape index (κ1) is 26.4. The zero-order valence-corrected chi connectivity index (χ0v) is 19.6. The van der Waals surface area contributed by atoms with E-state index in [-0.39, 0.29) is 12.5 Å². The third-order valence-electron chi connectivity index (χ3n) is 6.88. The molecule has 206 valence electrons. The number of rotatable bonds is 6. The molecule has 5 atom stereocenters. The number of aliphatic hydroxyl groups excluding tert-OH is 2. The minimum Gasteiger partial charge on any atom is -0.390 e. The summed E-state index contributed by atoms with van der Waals surface area (Å²) in [5.41, 5.74) is -0.154. The molecule has 3 N–H and O–H groups in total. The lowest BCUT2D eigenvalue weighted by molar-refractivity contribution is -0.329. The molecular weight excluding hydrogens is 524 g/mol. The van der Waals surface area contributed by atoms with E-state index >= 15 is 0 Å². The van der Waals surface area contributed by atoms with Gasteiger partial charge in [-0.15, -0.1) is 13.2 Å². The van der Waals surface area contributed by atoms with Gasteiger partial charge in [-0.05, 0) is 25.0 Å². The summed E-state index contributed by atoms with van der Waals surface area (Å²) in [5.74, 6) is -0.153. The molecule has 1 saturated heterocycles. The van der Waals surface area contributed by atoms with Crippen LogP contribution in [-0.4, -0.2) is 79.0 Å². The highest BCUT2D eigenvalue weighted by Crippen LogP contribution is 2.38. The second kappa shape index (κ2) is 9.81. The van der Waals surface area contributed by atoms with E-state index < -0.39 is 48.9 Å². The van der Waals surface area contributed by atoms with E-state index in [1.807, 2.05) is 4.90 Å². The van der Waals surface area contributed by atoms with Crippen LogP contribution in [0, 0.1) is 5.92 Å². The third kappa shape index (κ3) is 5.33. The van der Waals surface area contributed by atoms with Crippen LogP contribution < -0.4 is 10.2 Å². The van der Waals surface area contributed by atoms with Crippen LogP contribution in [0.4, 0.5) is 38.0 Å². The molecule has 16 heteroatoms. The van der Waals surface area contributed by atoms with Crippen LogP contribution in [0.2, 0.25) is 0 Å². The highest BCUT2D eigenvalue weighted by molar-refractivity contribution is 5.83. The third-order valence-corrected chi connectivity index (χ3v) is 6.88. The van der Waals surface area contributed by atoms with Gasteiger partial charge in [-0.3, -0.25) is 4.74 Å². The molecule has 0 bridgehead atoms. The normalized spacial score (nSPS) is 26.4. The van der Waals surface area contributed by atoms with E-state index in [0.29, 0.717) is 42.3 Å². The summed E-state index contributed by atoms with van der Waals surface area (Å²) >= 11 is 0. The van der Waals surface area contributed by atoms with Crippen molar-refractivity contribution in [3.63, 3.8) is 0 Å². The minimum atomic E-state index is -4.85. The lowest BCUT2D eigenvalue weighted by atomic mass is 10.1. The molecule has 0 spiro atoms. The Morgan fingerprint density at radius 2 is 1.82 bits per heavy atom. The fourth-order valence-electron chi connectivity index (χ4n) is 4.96. The molecule has 0 amide bonds. The van der Waals surface area contributed by atoms with Crippen LogP contribution in [0.3, 0.4) is 0 Å². The zero-order chi connectivity index (χ0) is 27.2. The molecule has 38 heavy (non-hydrogen) atoms. The number of hydrogen-bond donors (Lipinski definition) is 3. The van der Waals surface area contributed by atoms with E-state index in [0.717, 1.165) is 12.3 Å². The van der Waals surface area contributed by atoms with Crippen molar-refractivity contribution in [2.75, 3.05) is 29.9 Å². The standard InChI is InChI=1S/C22H23F6N7O3/c23-21(24,25)12-1-2-15(29-6-12)34-4-3-13(7-34)33-19-16-20(31-9-30-19)35(10-32-16)14-5-11(17(36)18(14)37)8-38-22(26,27)28/h1-2,6,9-11,13-14,17-18,36-37H,3-5,7-8H2,(H,30,31,33)/t11-,13+,14-,17-,18+/m1/s1. The number of nitrogens with one attached hydrogen (secondary N) is 1. The van der Waals surface area contributed by atoms with E-state index in [9.17, 15) is 36.6 Å². The Hall–Kier alpha value is -3.24. The first-order chi connectivity index (χ1) is 17.9. The molecule has 10 nitrogen and oxygen atoms in total. The Kier molecular flexibility index (Phi) is 6.81. The Labute approximate surface area is 211 Å². The van der Waals surface area contributed by atoms with E-state index in [2.05, 4.69) is 30.0 Å². The average Bonchev–Trinajstić information content (AvgIpc) is 3.56. The average molecular weight is 547 g/mol. The SMILES string of the molecule is O[C@@H]1[C@@H](COC(F)(F)F)C[C@@H](n2cnc3c(N[C@H]4CCN(c5ccc(C(F)(F)F)cn5)C4)ncnc32)[C@@H]1O. The maximum absolute atomic E-state index is 12.8. The summed E-state index contributed by atoms with van der Waals surface area (Å²) in [4.78, 5) is 18.6. The molecule has 1 saturated carbocycles. The van der Waals surface area contributed by atoms with Gasteiger partial charge in [0.25, 0.3) is 0 Å². The van der Waals surface area contributed by atoms with Crippen molar-refractivity contribution >= 4 is 22.8 Å². The van der Waals surface area contributed by atoms with E-state index in [1.54, 1.807) is 0 Å². The largest absolute Gasteiger partial charge is 0.522 e. The minimum absolute atomic E-state index is 0.00829. The van der Waals surface area contributed by atoms with Crippen LogP contribution in [-0.2, 0) is 10.9 Å². The van der Waals surface area contributed by atoms with Gasteiger partial charge >= 0.3 is 12.5 Å². The number of hydrogen-bond acceptors (Lipinski definition) is 9. The number of pyridine rings is 1. The van der Waals surface area contributed by atoms with Crippen molar-refractivity contribution in [3.8, 4) is 0 Å². The van der Waals surface area contributed by atoms with Crippen molar-refractivity contribution in [2.45, 2.75) is 49.7 Å². The molecule has 0 aromatic carbocycles. The zero-order valence-electron chi connectivity index (χ0n) is 19.6. The maximum Gasteiger partial charge on any atom is 0.522 e. The molecule has 1 aliphatic carbocycles. The second-order valence-corrected chi connectivity index (χ2v) is 9.33. The molecule has 3 aromatic rings. The number of anilines is 2. The summed E-state index contributed by atoms with van der Waals surface area (Å²) in [6, 6.07) is 1.39. The van der Waals surface area contributed by atoms with Gasteiger partial charge in [-0.25, -0.2) is 19.9 Å². The molecule has 3 aromatic heterocycles. The molecule has 5 rings (SSSR count). The predicted molar refractivity (Wildman–Crippen MR) is 120 cm³/mol. The summed E-state index contributed by atoms with van der Waals surface area (Å²) in [7, 11) is 0. The Bertz CT molecular complexity index is 1270. The van der Waals surface area contributed by atoms with Gasteiger partial charge in [0.2, 0.25) is 0 Å². The van der Waals surface area contributed by atoms with Gasteiger partial charge in [0, 0.05) is 31.2 Å².